The van der Waals surface area contributed by atoms with Gasteiger partial charge >= 0.3 is 0 Å². The van der Waals surface area contributed by atoms with Gasteiger partial charge in [0.1, 0.15) is 5.69 Å². The Morgan fingerprint density at radius 2 is 2.57 bits per heavy atom. The van der Waals surface area contributed by atoms with E-state index in [0.29, 0.717) is 24.8 Å². The lowest BCUT2D eigenvalue weighted by Crippen LogP contribution is -2.31. The zero-order chi connectivity index (χ0) is 9.97. The normalized spacial score (nSPS) is 27.5. The molecule has 1 saturated heterocycles. The molecule has 14 heavy (non-hydrogen) atoms. The van der Waals surface area contributed by atoms with E-state index in [1.54, 1.807) is 6.07 Å². The lowest BCUT2D eigenvalue weighted by molar-refractivity contribution is 0.0239. The fourth-order valence-corrected chi connectivity index (χ4v) is 2.31. The quantitative estimate of drug-likeness (QED) is 0.702. The molecule has 1 aromatic rings. The van der Waals surface area contributed by atoms with Crippen molar-refractivity contribution in [3.8, 4) is 0 Å². The van der Waals surface area contributed by atoms with E-state index in [9.17, 15) is 4.79 Å². The average Bonchev–Trinajstić information content (AvgIpc) is 2.70. The van der Waals surface area contributed by atoms with E-state index in [2.05, 4.69) is 11.3 Å². The van der Waals surface area contributed by atoms with Gasteiger partial charge in [-0.2, -0.15) is 4.37 Å². The minimum Gasteiger partial charge on any atom is -0.381 e. The molecule has 1 aliphatic rings. The molecule has 1 fully saturated rings. The Bertz CT molecular complexity index is 310. The summed E-state index contributed by atoms with van der Waals surface area (Å²) in [6.07, 6.45) is 0.831. The van der Waals surface area contributed by atoms with Crippen molar-refractivity contribution in [2.24, 2.45) is 11.8 Å². The SMILES string of the molecule is CC1COCCC1C(=O)c1ccsn1. The van der Waals surface area contributed by atoms with E-state index in [0.717, 1.165) is 6.42 Å². The molecule has 0 spiro atoms. The second-order valence-electron chi connectivity index (χ2n) is 3.70. The summed E-state index contributed by atoms with van der Waals surface area (Å²) in [6, 6.07) is 1.80. The van der Waals surface area contributed by atoms with Crippen LogP contribution in [0.25, 0.3) is 0 Å². The number of ketones is 1. The second-order valence-corrected chi connectivity index (χ2v) is 4.36. The third-order valence-corrected chi connectivity index (χ3v) is 3.23. The summed E-state index contributed by atoms with van der Waals surface area (Å²) < 4.78 is 9.39. The van der Waals surface area contributed by atoms with Crippen molar-refractivity contribution in [3.63, 3.8) is 0 Å². The number of aromatic nitrogens is 1. The molecule has 2 heterocycles. The minimum absolute atomic E-state index is 0.103. The molecule has 0 radical (unpaired) electrons. The predicted molar refractivity (Wildman–Crippen MR) is 54.5 cm³/mol. The molecule has 0 aliphatic carbocycles. The van der Waals surface area contributed by atoms with E-state index in [1.807, 2.05) is 5.38 Å². The fraction of sp³-hybridized carbons (Fsp3) is 0.600. The molecular formula is C10H13NO2S. The van der Waals surface area contributed by atoms with Gasteiger partial charge < -0.3 is 4.74 Å². The Hall–Kier alpha value is -0.740. The molecule has 2 unspecified atom stereocenters. The summed E-state index contributed by atoms with van der Waals surface area (Å²) in [5.74, 6) is 0.603. The highest BCUT2D eigenvalue weighted by Gasteiger charge is 2.29. The van der Waals surface area contributed by atoms with E-state index < -0.39 is 0 Å². The van der Waals surface area contributed by atoms with Crippen LogP contribution in [0.5, 0.6) is 0 Å². The first-order chi connectivity index (χ1) is 6.79. The minimum atomic E-state index is 0.103. The maximum absolute atomic E-state index is 12.0. The van der Waals surface area contributed by atoms with Crippen LogP contribution in [-0.4, -0.2) is 23.4 Å². The molecule has 0 N–H and O–H groups in total. The van der Waals surface area contributed by atoms with Gasteiger partial charge in [-0.25, -0.2) is 0 Å². The Morgan fingerprint density at radius 1 is 1.71 bits per heavy atom. The molecule has 2 rings (SSSR count). The third kappa shape index (κ3) is 1.86. The monoisotopic (exact) mass is 211 g/mol. The van der Waals surface area contributed by atoms with Gasteiger partial charge in [0.15, 0.2) is 5.78 Å². The Kier molecular flexibility index (Phi) is 2.93. The smallest absolute Gasteiger partial charge is 0.185 e. The van der Waals surface area contributed by atoms with Crippen LogP contribution in [0.15, 0.2) is 11.4 Å². The van der Waals surface area contributed by atoms with Gasteiger partial charge in [0.25, 0.3) is 0 Å². The summed E-state index contributed by atoms with van der Waals surface area (Å²) >= 11 is 1.33. The summed E-state index contributed by atoms with van der Waals surface area (Å²) in [4.78, 5) is 12.0. The maximum Gasteiger partial charge on any atom is 0.185 e. The molecule has 0 saturated carbocycles. The van der Waals surface area contributed by atoms with E-state index in [4.69, 9.17) is 4.74 Å². The molecule has 0 amide bonds. The zero-order valence-electron chi connectivity index (χ0n) is 8.10. The van der Waals surface area contributed by atoms with Crippen LogP contribution < -0.4 is 0 Å². The number of rotatable bonds is 2. The van der Waals surface area contributed by atoms with Crippen molar-refractivity contribution in [1.29, 1.82) is 0 Å². The summed E-state index contributed by atoms with van der Waals surface area (Å²) in [5, 5.41) is 1.84. The van der Waals surface area contributed by atoms with Crippen molar-refractivity contribution in [2.45, 2.75) is 13.3 Å². The van der Waals surface area contributed by atoms with Gasteiger partial charge in [0.05, 0.1) is 0 Å². The topological polar surface area (TPSA) is 39.2 Å². The predicted octanol–water partition coefficient (Wildman–Crippen LogP) is 2.00. The number of carbonyl (C=O) groups excluding carboxylic acids is 1. The highest BCUT2D eigenvalue weighted by molar-refractivity contribution is 7.03. The van der Waals surface area contributed by atoms with Crippen molar-refractivity contribution in [1.82, 2.24) is 4.37 Å². The van der Waals surface area contributed by atoms with Crippen LogP contribution in [0.2, 0.25) is 0 Å². The number of hydrogen-bond acceptors (Lipinski definition) is 4. The van der Waals surface area contributed by atoms with Crippen LogP contribution >= 0.6 is 11.5 Å². The Morgan fingerprint density at radius 3 is 3.21 bits per heavy atom. The van der Waals surface area contributed by atoms with Crippen LogP contribution in [-0.2, 0) is 4.74 Å². The lowest BCUT2D eigenvalue weighted by Gasteiger charge is -2.26. The molecule has 1 aromatic heterocycles. The molecule has 4 heteroatoms. The standard InChI is InChI=1S/C10H13NO2S/c1-7-6-13-4-2-8(7)10(12)9-3-5-14-11-9/h3,5,7-8H,2,4,6H2,1H3. The summed E-state index contributed by atoms with van der Waals surface area (Å²) in [5.41, 5.74) is 0.619. The van der Waals surface area contributed by atoms with E-state index in [-0.39, 0.29) is 11.7 Å². The highest BCUT2D eigenvalue weighted by atomic mass is 32.1. The maximum atomic E-state index is 12.0. The van der Waals surface area contributed by atoms with Gasteiger partial charge in [0.2, 0.25) is 0 Å². The Labute approximate surface area is 87.3 Å². The summed E-state index contributed by atoms with van der Waals surface area (Å²) in [7, 11) is 0. The van der Waals surface area contributed by atoms with E-state index in [1.165, 1.54) is 11.5 Å². The van der Waals surface area contributed by atoms with Crippen molar-refractivity contribution in [2.75, 3.05) is 13.2 Å². The fourth-order valence-electron chi connectivity index (χ4n) is 1.80. The molecule has 3 nitrogen and oxygen atoms in total. The summed E-state index contributed by atoms with van der Waals surface area (Å²) in [6.45, 7) is 3.46. The van der Waals surface area contributed by atoms with Crippen molar-refractivity contribution in [3.05, 3.63) is 17.1 Å². The van der Waals surface area contributed by atoms with E-state index >= 15 is 0 Å². The van der Waals surface area contributed by atoms with Crippen LogP contribution in [0.4, 0.5) is 0 Å². The first-order valence-electron chi connectivity index (χ1n) is 4.81. The molecule has 0 bridgehead atoms. The number of hydrogen-bond donors (Lipinski definition) is 0. The second kappa shape index (κ2) is 4.19. The van der Waals surface area contributed by atoms with Gasteiger partial charge in [-0.3, -0.25) is 4.79 Å². The number of Topliss-reactive ketones (excluding diaryl/α,β-unsaturated/α-hetero) is 1. The number of carbonyl (C=O) groups is 1. The average molecular weight is 211 g/mol. The number of nitrogens with zero attached hydrogens (tertiary/aromatic N) is 1. The first kappa shape index (κ1) is 9.80. The molecular weight excluding hydrogens is 198 g/mol. The van der Waals surface area contributed by atoms with Gasteiger partial charge in [-0.15, -0.1) is 0 Å². The van der Waals surface area contributed by atoms with Gasteiger partial charge in [-0.1, -0.05) is 6.92 Å². The molecule has 76 valence electrons. The molecule has 0 aromatic carbocycles. The van der Waals surface area contributed by atoms with Gasteiger partial charge in [0, 0.05) is 24.5 Å². The lowest BCUT2D eigenvalue weighted by atomic mass is 9.85. The van der Waals surface area contributed by atoms with Crippen LogP contribution in [0.3, 0.4) is 0 Å². The highest BCUT2D eigenvalue weighted by Crippen LogP contribution is 2.24. The van der Waals surface area contributed by atoms with Crippen molar-refractivity contribution >= 4 is 17.3 Å². The van der Waals surface area contributed by atoms with Crippen molar-refractivity contribution < 1.29 is 9.53 Å². The van der Waals surface area contributed by atoms with Gasteiger partial charge in [-0.05, 0) is 29.9 Å². The number of ether oxygens (including phenoxy) is 1. The van der Waals surface area contributed by atoms with Crippen LogP contribution in [0, 0.1) is 11.8 Å². The largest absolute Gasteiger partial charge is 0.381 e. The zero-order valence-corrected chi connectivity index (χ0v) is 8.92. The van der Waals surface area contributed by atoms with Crippen LogP contribution in [0.1, 0.15) is 23.8 Å². The first-order valence-corrected chi connectivity index (χ1v) is 5.65. The third-order valence-electron chi connectivity index (χ3n) is 2.67. The molecule has 2 atom stereocenters. The molecule has 1 aliphatic heterocycles. The Balaban J connectivity index is 2.10.